The van der Waals surface area contributed by atoms with E-state index in [1.165, 1.54) is 4.90 Å². The van der Waals surface area contributed by atoms with E-state index >= 15 is 0 Å². The van der Waals surface area contributed by atoms with Crippen LogP contribution in [0.3, 0.4) is 0 Å². The standard InChI is InChI=1S/C28H35N3O5/c1-17-11-20(32)8-9-22(17)18-12-24-23(16-29-31(24)26-7-5-6-10-35-26)25(13-18)36-21-14-19(15-21)30(27(33)34)28(2,3)4/h8-9,11-13,16,19,21,26,32H,5-7,10,14-15H2,1-4H3,(H,33,34). The van der Waals surface area contributed by atoms with Crippen LogP contribution in [0.5, 0.6) is 11.5 Å². The molecule has 8 heteroatoms. The van der Waals surface area contributed by atoms with Crippen molar-refractivity contribution in [1.82, 2.24) is 14.7 Å². The quantitative estimate of drug-likeness (QED) is 0.445. The highest BCUT2D eigenvalue weighted by atomic mass is 16.5. The Kier molecular flexibility index (Phi) is 6.32. The Morgan fingerprint density at radius 3 is 2.61 bits per heavy atom. The summed E-state index contributed by atoms with van der Waals surface area (Å²) in [6.45, 7) is 8.46. The first-order valence-electron chi connectivity index (χ1n) is 12.7. The number of carbonyl (C=O) groups is 1. The van der Waals surface area contributed by atoms with Gasteiger partial charge in [0, 0.05) is 31.0 Å². The summed E-state index contributed by atoms with van der Waals surface area (Å²) in [5.41, 5.74) is 3.43. The van der Waals surface area contributed by atoms with E-state index in [1.54, 1.807) is 12.1 Å². The highest BCUT2D eigenvalue weighted by Crippen LogP contribution is 2.40. The summed E-state index contributed by atoms with van der Waals surface area (Å²) < 4.78 is 14.5. The van der Waals surface area contributed by atoms with Crippen molar-refractivity contribution in [2.75, 3.05) is 6.61 Å². The molecule has 36 heavy (non-hydrogen) atoms. The third-order valence-corrected chi connectivity index (χ3v) is 7.29. The van der Waals surface area contributed by atoms with Gasteiger partial charge >= 0.3 is 6.09 Å². The predicted octanol–water partition coefficient (Wildman–Crippen LogP) is 6.10. The van der Waals surface area contributed by atoms with Gasteiger partial charge in [0.25, 0.3) is 0 Å². The van der Waals surface area contributed by atoms with Gasteiger partial charge in [0.1, 0.15) is 17.6 Å². The normalized spacial score (nSPS) is 22.3. The van der Waals surface area contributed by atoms with Crippen molar-refractivity contribution in [2.24, 2.45) is 0 Å². The molecule has 1 saturated heterocycles. The Hall–Kier alpha value is -3.26. The maximum Gasteiger partial charge on any atom is 0.407 e. The van der Waals surface area contributed by atoms with Gasteiger partial charge in [-0.15, -0.1) is 0 Å². The molecular weight excluding hydrogens is 458 g/mol. The Morgan fingerprint density at radius 2 is 1.97 bits per heavy atom. The number of aromatic nitrogens is 2. The second-order valence-electron chi connectivity index (χ2n) is 11.0. The first-order valence-corrected chi connectivity index (χ1v) is 12.7. The average molecular weight is 494 g/mol. The van der Waals surface area contributed by atoms with Gasteiger partial charge in [-0.2, -0.15) is 5.10 Å². The molecule has 2 aromatic carbocycles. The van der Waals surface area contributed by atoms with Gasteiger partial charge in [-0.3, -0.25) is 0 Å². The fourth-order valence-electron chi connectivity index (χ4n) is 5.50. The summed E-state index contributed by atoms with van der Waals surface area (Å²) in [6.07, 6.45) is 5.13. The largest absolute Gasteiger partial charge is 0.508 e. The van der Waals surface area contributed by atoms with Gasteiger partial charge in [0.2, 0.25) is 0 Å². The van der Waals surface area contributed by atoms with Crippen LogP contribution < -0.4 is 4.74 Å². The maximum absolute atomic E-state index is 11.9. The number of rotatable bonds is 5. The number of hydrogen-bond donors (Lipinski definition) is 2. The fraction of sp³-hybridized carbons (Fsp3) is 0.500. The van der Waals surface area contributed by atoms with Crippen LogP contribution in [-0.4, -0.2) is 55.3 Å². The van der Waals surface area contributed by atoms with Crippen LogP contribution in [0, 0.1) is 6.92 Å². The molecular formula is C28H35N3O5. The number of aryl methyl sites for hydroxylation is 1. The third-order valence-electron chi connectivity index (χ3n) is 7.29. The number of ether oxygens (including phenoxy) is 2. The van der Waals surface area contributed by atoms with Crippen molar-refractivity contribution in [3.8, 4) is 22.6 Å². The number of phenols is 1. The number of phenolic OH excluding ortho intramolecular Hbond substituents is 1. The van der Waals surface area contributed by atoms with E-state index in [9.17, 15) is 15.0 Å². The zero-order valence-corrected chi connectivity index (χ0v) is 21.4. The van der Waals surface area contributed by atoms with Crippen LogP contribution in [0.15, 0.2) is 36.5 Å². The molecule has 0 spiro atoms. The van der Waals surface area contributed by atoms with Gasteiger partial charge in [-0.1, -0.05) is 6.07 Å². The van der Waals surface area contributed by atoms with Crippen molar-refractivity contribution in [3.05, 3.63) is 42.1 Å². The molecule has 1 atom stereocenters. The van der Waals surface area contributed by atoms with Crippen LogP contribution in [0.2, 0.25) is 0 Å². The molecule has 1 unspecified atom stereocenters. The monoisotopic (exact) mass is 493 g/mol. The second-order valence-corrected chi connectivity index (χ2v) is 11.0. The van der Waals surface area contributed by atoms with Gasteiger partial charge in [-0.05, 0) is 87.9 Å². The van der Waals surface area contributed by atoms with Gasteiger partial charge in [0.15, 0.2) is 6.23 Å². The molecule has 2 fully saturated rings. The first kappa shape index (κ1) is 24.4. The lowest BCUT2D eigenvalue weighted by atomic mass is 9.85. The number of carboxylic acid groups (broad SMARTS) is 1. The number of aromatic hydroxyl groups is 1. The zero-order valence-electron chi connectivity index (χ0n) is 21.4. The van der Waals surface area contributed by atoms with E-state index in [2.05, 4.69) is 11.2 Å². The summed E-state index contributed by atoms with van der Waals surface area (Å²) in [6, 6.07) is 9.44. The molecule has 1 aromatic heterocycles. The summed E-state index contributed by atoms with van der Waals surface area (Å²) in [5.74, 6) is 0.968. The minimum atomic E-state index is -0.896. The summed E-state index contributed by atoms with van der Waals surface area (Å²) in [7, 11) is 0. The Balaban J connectivity index is 1.48. The van der Waals surface area contributed by atoms with Crippen LogP contribution in [0.4, 0.5) is 4.79 Å². The van der Waals surface area contributed by atoms with E-state index in [4.69, 9.17) is 9.47 Å². The maximum atomic E-state index is 11.9. The zero-order chi connectivity index (χ0) is 25.6. The van der Waals surface area contributed by atoms with Crippen molar-refractivity contribution in [2.45, 2.75) is 83.7 Å². The molecule has 192 valence electrons. The van der Waals surface area contributed by atoms with Crippen molar-refractivity contribution < 1.29 is 24.5 Å². The molecule has 2 N–H and O–H groups in total. The van der Waals surface area contributed by atoms with Gasteiger partial charge in [0.05, 0.1) is 17.1 Å². The van der Waals surface area contributed by atoms with E-state index < -0.39 is 11.6 Å². The molecule has 0 radical (unpaired) electrons. The van der Waals surface area contributed by atoms with E-state index in [-0.39, 0.29) is 24.1 Å². The van der Waals surface area contributed by atoms with Gasteiger partial charge < -0.3 is 24.6 Å². The van der Waals surface area contributed by atoms with Crippen molar-refractivity contribution in [1.29, 1.82) is 0 Å². The van der Waals surface area contributed by atoms with Crippen LogP contribution >= 0.6 is 0 Å². The minimum absolute atomic E-state index is 0.0659. The van der Waals surface area contributed by atoms with Crippen LogP contribution in [0.25, 0.3) is 22.0 Å². The minimum Gasteiger partial charge on any atom is -0.508 e. The number of hydrogen-bond acceptors (Lipinski definition) is 5. The Morgan fingerprint density at radius 1 is 1.19 bits per heavy atom. The number of benzene rings is 2. The lowest BCUT2D eigenvalue weighted by molar-refractivity contribution is -0.0366. The molecule has 3 aromatic rings. The number of fused-ring (bicyclic) bond motifs is 1. The van der Waals surface area contributed by atoms with E-state index in [0.29, 0.717) is 12.8 Å². The summed E-state index contributed by atoms with van der Waals surface area (Å²) in [5, 5.41) is 25.3. The van der Waals surface area contributed by atoms with Crippen molar-refractivity contribution in [3.63, 3.8) is 0 Å². The highest BCUT2D eigenvalue weighted by Gasteiger charge is 2.42. The average Bonchev–Trinajstić information content (AvgIpc) is 3.21. The number of amides is 1. The molecule has 8 nitrogen and oxygen atoms in total. The van der Waals surface area contributed by atoms with Crippen molar-refractivity contribution >= 4 is 17.0 Å². The summed E-state index contributed by atoms with van der Waals surface area (Å²) in [4.78, 5) is 13.4. The molecule has 2 aliphatic rings. The molecule has 1 aliphatic carbocycles. The molecule has 0 bridgehead atoms. The lowest BCUT2D eigenvalue weighted by Gasteiger charge is -2.47. The SMILES string of the molecule is Cc1cc(O)ccc1-c1cc(OC2CC(N(C(=O)O)C(C)(C)C)C2)c2cnn(C3CCCCO3)c2c1. The van der Waals surface area contributed by atoms with Crippen LogP contribution in [-0.2, 0) is 4.74 Å². The highest BCUT2D eigenvalue weighted by molar-refractivity contribution is 5.91. The molecule has 1 saturated carbocycles. The second kappa shape index (κ2) is 9.32. The third kappa shape index (κ3) is 4.62. The van der Waals surface area contributed by atoms with E-state index in [0.717, 1.165) is 59.2 Å². The Bertz CT molecular complexity index is 1270. The fourth-order valence-corrected chi connectivity index (χ4v) is 5.50. The molecule has 1 aliphatic heterocycles. The van der Waals surface area contributed by atoms with Gasteiger partial charge in [-0.25, -0.2) is 9.48 Å². The Labute approximate surface area is 211 Å². The smallest absolute Gasteiger partial charge is 0.407 e. The lowest BCUT2D eigenvalue weighted by Crippen LogP contribution is -2.58. The topological polar surface area (TPSA) is 97.0 Å². The predicted molar refractivity (Wildman–Crippen MR) is 137 cm³/mol. The van der Waals surface area contributed by atoms with E-state index in [1.807, 2.05) is 50.7 Å². The number of nitrogens with zero attached hydrogens (tertiary/aromatic N) is 3. The molecule has 2 heterocycles. The first-order chi connectivity index (χ1) is 17.1. The molecule has 5 rings (SSSR count). The van der Waals surface area contributed by atoms with Crippen LogP contribution in [0.1, 0.15) is 64.7 Å². The summed E-state index contributed by atoms with van der Waals surface area (Å²) >= 11 is 0. The molecule has 1 amide bonds.